The number of aromatic amines is 1. The van der Waals surface area contributed by atoms with Crippen LogP contribution in [0.3, 0.4) is 0 Å². The van der Waals surface area contributed by atoms with Crippen LogP contribution in [0.2, 0.25) is 0 Å². The first-order valence-electron chi connectivity index (χ1n) is 3.99. The Balaban J connectivity index is 3.01. The van der Waals surface area contributed by atoms with E-state index in [0.29, 0.717) is 23.5 Å². The summed E-state index contributed by atoms with van der Waals surface area (Å²) in [4.78, 5) is 27.3. The van der Waals surface area contributed by atoms with Gasteiger partial charge >= 0.3 is 10.6 Å². The molecule has 0 aliphatic carbocycles. The molecule has 88 valence electrons. The van der Waals surface area contributed by atoms with E-state index in [0.717, 1.165) is 0 Å². The van der Waals surface area contributed by atoms with E-state index in [2.05, 4.69) is 9.97 Å². The fourth-order valence-corrected chi connectivity index (χ4v) is 2.03. The normalized spacial score (nSPS) is 12.4. The summed E-state index contributed by atoms with van der Waals surface area (Å²) in [7, 11) is 0. The number of nitrogens with zero attached hydrogens (tertiary/aromatic N) is 1. The Morgan fingerprint density at radius 3 is 2.31 bits per heavy atom. The summed E-state index contributed by atoms with van der Waals surface area (Å²) in [5, 5.41) is 24.1. The first-order valence-corrected chi connectivity index (χ1v) is 5.63. The van der Waals surface area contributed by atoms with Crippen LogP contribution in [-0.2, 0) is 0 Å². The Morgan fingerprint density at radius 1 is 1.31 bits per heavy atom. The molecule has 1 rings (SSSR count). The summed E-state index contributed by atoms with van der Waals surface area (Å²) in [6.45, 7) is 1.43. The molecule has 0 amide bonds. The third-order valence-corrected chi connectivity index (χ3v) is 2.89. The zero-order valence-corrected chi connectivity index (χ0v) is 9.63. The summed E-state index contributed by atoms with van der Waals surface area (Å²) < 4.78 is 0. The van der Waals surface area contributed by atoms with E-state index in [-0.39, 0.29) is 15.9 Å². The van der Waals surface area contributed by atoms with Gasteiger partial charge in [0.15, 0.2) is 0 Å². The first-order chi connectivity index (χ1) is 7.40. The number of imidazole rings is 1. The number of hydrogen-bond acceptors (Lipinski definition) is 6. The van der Waals surface area contributed by atoms with Gasteiger partial charge in [-0.1, -0.05) is 0 Å². The van der Waals surface area contributed by atoms with Gasteiger partial charge in [-0.2, -0.15) is 0 Å². The smallest absolute Gasteiger partial charge is 0.371 e. The topological polar surface area (TPSA) is 124 Å². The molecule has 1 aromatic heterocycles. The van der Waals surface area contributed by atoms with E-state index in [1.165, 1.54) is 6.92 Å². The van der Waals surface area contributed by atoms with Crippen LogP contribution in [0.25, 0.3) is 0 Å². The van der Waals surface area contributed by atoms with Gasteiger partial charge in [0.25, 0.3) is 0 Å². The lowest BCUT2D eigenvalue weighted by molar-refractivity contribution is 0.189. The van der Waals surface area contributed by atoms with Crippen LogP contribution < -0.4 is 0 Å². The number of hydrogen-bond donors (Lipinski definition) is 4. The van der Waals surface area contributed by atoms with Gasteiger partial charge in [0.05, 0.1) is 0 Å². The molecular formula is C7H8N2O5S2. The summed E-state index contributed by atoms with van der Waals surface area (Å²) in [6.07, 6.45) is -0.920. The molecule has 0 bridgehead atoms. The number of aliphatic hydroxyl groups excluding tert-OH is 1. The first kappa shape index (κ1) is 12.9. The quantitative estimate of drug-likeness (QED) is 0.611. The Kier molecular flexibility index (Phi) is 4.21. The number of thioether (sulfide) groups is 2. The van der Waals surface area contributed by atoms with Crippen molar-refractivity contribution in [1.29, 1.82) is 0 Å². The van der Waals surface area contributed by atoms with E-state index in [1.54, 1.807) is 0 Å². The molecule has 0 saturated heterocycles. The predicted molar refractivity (Wildman–Crippen MR) is 57.0 cm³/mol. The van der Waals surface area contributed by atoms with Gasteiger partial charge in [-0.05, 0) is 6.92 Å². The van der Waals surface area contributed by atoms with Gasteiger partial charge in [0.2, 0.25) is 0 Å². The molecule has 0 saturated carbocycles. The highest BCUT2D eigenvalue weighted by atomic mass is 32.2. The van der Waals surface area contributed by atoms with Crippen LogP contribution in [0.4, 0.5) is 9.59 Å². The summed E-state index contributed by atoms with van der Waals surface area (Å²) in [6, 6.07) is 0. The number of aliphatic hydroxyl groups is 1. The molecule has 0 aliphatic heterocycles. The van der Waals surface area contributed by atoms with Gasteiger partial charge in [-0.3, -0.25) is 0 Å². The van der Waals surface area contributed by atoms with Crippen molar-refractivity contribution in [3.63, 3.8) is 0 Å². The minimum Gasteiger partial charge on any atom is -0.473 e. The average Bonchev–Trinajstić information content (AvgIpc) is 2.46. The average molecular weight is 264 g/mol. The maximum absolute atomic E-state index is 10.5. The lowest BCUT2D eigenvalue weighted by atomic mass is 10.4. The Labute approximate surface area is 98.3 Å². The van der Waals surface area contributed by atoms with Gasteiger partial charge < -0.3 is 20.3 Å². The van der Waals surface area contributed by atoms with Crippen molar-refractivity contribution in [2.45, 2.75) is 23.1 Å². The van der Waals surface area contributed by atoms with Crippen molar-refractivity contribution < 1.29 is 24.9 Å². The maximum Gasteiger partial charge on any atom is 0.371 e. The van der Waals surface area contributed by atoms with Crippen LogP contribution in [0, 0.1) is 0 Å². The van der Waals surface area contributed by atoms with Gasteiger partial charge in [-0.25, -0.2) is 14.6 Å². The highest BCUT2D eigenvalue weighted by Gasteiger charge is 2.19. The molecule has 9 heteroatoms. The monoisotopic (exact) mass is 264 g/mol. The Morgan fingerprint density at radius 2 is 1.88 bits per heavy atom. The van der Waals surface area contributed by atoms with Crippen molar-refractivity contribution >= 4 is 34.1 Å². The van der Waals surface area contributed by atoms with Crippen molar-refractivity contribution in [3.05, 3.63) is 5.82 Å². The molecule has 1 unspecified atom stereocenters. The zero-order valence-electron chi connectivity index (χ0n) is 8.00. The standard InChI is InChI=1S/C7H8N2O5S2/c1-2(10)3-8-4(15-6(11)12)5(9-3)16-7(13)14/h2,10H,1H3,(H,8,9)(H,11,12)(H,13,14). The van der Waals surface area contributed by atoms with E-state index in [9.17, 15) is 14.7 Å². The molecule has 0 fully saturated rings. The largest absolute Gasteiger partial charge is 0.473 e. The zero-order chi connectivity index (χ0) is 12.3. The highest BCUT2D eigenvalue weighted by Crippen LogP contribution is 2.30. The molecule has 16 heavy (non-hydrogen) atoms. The second kappa shape index (κ2) is 5.23. The van der Waals surface area contributed by atoms with Crippen LogP contribution in [0.1, 0.15) is 18.9 Å². The second-order valence-electron chi connectivity index (χ2n) is 2.67. The third kappa shape index (κ3) is 3.43. The van der Waals surface area contributed by atoms with E-state index < -0.39 is 16.7 Å². The minimum absolute atomic E-state index is 0.0239. The molecule has 1 heterocycles. The number of carbonyl (C=O) groups is 2. The summed E-state index contributed by atoms with van der Waals surface area (Å²) in [5.41, 5.74) is 0. The molecule has 0 radical (unpaired) electrons. The molecule has 7 nitrogen and oxygen atoms in total. The third-order valence-electron chi connectivity index (χ3n) is 1.43. The SMILES string of the molecule is CC(O)c1nc(SC(=O)O)c(SC(=O)O)[nH]1. The Bertz CT molecular complexity index is 383. The minimum atomic E-state index is -1.20. The predicted octanol–water partition coefficient (Wildman–Crippen LogP) is 2.00. The molecule has 0 spiro atoms. The molecule has 0 aliphatic rings. The Hall–Kier alpha value is -1.19. The summed E-state index contributed by atoms with van der Waals surface area (Å²) in [5.74, 6) is 0.132. The number of rotatable bonds is 3. The maximum atomic E-state index is 10.5. The van der Waals surface area contributed by atoms with E-state index >= 15 is 0 Å². The van der Waals surface area contributed by atoms with Crippen LogP contribution in [-0.4, -0.2) is 35.9 Å². The molecular weight excluding hydrogens is 256 g/mol. The number of H-pyrrole nitrogens is 1. The van der Waals surface area contributed by atoms with Gasteiger partial charge in [0, 0.05) is 23.5 Å². The van der Waals surface area contributed by atoms with Gasteiger partial charge in [0.1, 0.15) is 22.0 Å². The molecule has 4 N–H and O–H groups in total. The fourth-order valence-electron chi connectivity index (χ4n) is 0.864. The van der Waals surface area contributed by atoms with Crippen molar-refractivity contribution in [3.8, 4) is 0 Å². The molecule has 1 aromatic rings. The van der Waals surface area contributed by atoms with Crippen LogP contribution in [0.5, 0.6) is 0 Å². The lowest BCUT2D eigenvalue weighted by Gasteiger charge is -1.96. The molecule has 1 atom stereocenters. The molecule has 0 aromatic carbocycles. The summed E-state index contributed by atoms with van der Waals surface area (Å²) >= 11 is 0.793. The number of carboxylic acid groups (broad SMARTS) is 2. The van der Waals surface area contributed by atoms with Crippen molar-refractivity contribution in [2.75, 3.05) is 0 Å². The second-order valence-corrected chi connectivity index (χ2v) is 4.57. The fraction of sp³-hybridized carbons (Fsp3) is 0.286. The number of aromatic nitrogens is 2. The van der Waals surface area contributed by atoms with Crippen LogP contribution >= 0.6 is 23.5 Å². The van der Waals surface area contributed by atoms with Crippen LogP contribution in [0.15, 0.2) is 10.1 Å². The van der Waals surface area contributed by atoms with E-state index in [1.807, 2.05) is 0 Å². The van der Waals surface area contributed by atoms with Crippen molar-refractivity contribution in [2.24, 2.45) is 0 Å². The van der Waals surface area contributed by atoms with E-state index in [4.69, 9.17) is 10.2 Å². The number of nitrogens with one attached hydrogen (secondary N) is 1. The highest BCUT2D eigenvalue weighted by molar-refractivity contribution is 8.15. The van der Waals surface area contributed by atoms with Gasteiger partial charge in [-0.15, -0.1) is 0 Å². The lowest BCUT2D eigenvalue weighted by Crippen LogP contribution is -1.93. The van der Waals surface area contributed by atoms with Crippen molar-refractivity contribution in [1.82, 2.24) is 9.97 Å².